The summed E-state index contributed by atoms with van der Waals surface area (Å²) in [7, 11) is 2.09. The predicted octanol–water partition coefficient (Wildman–Crippen LogP) is 3.49. The number of aliphatic imine (C=N–C) groups is 1. The van der Waals surface area contributed by atoms with Crippen molar-refractivity contribution >= 4 is 17.3 Å². The Kier molecular flexibility index (Phi) is 7.19. The van der Waals surface area contributed by atoms with Crippen molar-refractivity contribution in [1.82, 2.24) is 25.0 Å². The van der Waals surface area contributed by atoms with Gasteiger partial charge < -0.3 is 14.8 Å². The summed E-state index contributed by atoms with van der Waals surface area (Å²) in [4.78, 5) is 8.30. The van der Waals surface area contributed by atoms with Crippen LogP contribution in [0.1, 0.15) is 28.8 Å². The Morgan fingerprint density at radius 1 is 1.25 bits per heavy atom. The van der Waals surface area contributed by atoms with Crippen LogP contribution >= 0.6 is 11.3 Å². The van der Waals surface area contributed by atoms with Crippen LogP contribution < -0.4 is 5.32 Å². The largest absolute Gasteiger partial charge is 0.354 e. The monoisotopic (exact) mass is 396 g/mol. The molecule has 0 unspecified atom stereocenters. The molecule has 2 heterocycles. The quantitative estimate of drug-likeness (QED) is 0.468. The summed E-state index contributed by atoms with van der Waals surface area (Å²) in [5.74, 6) is 1.91. The van der Waals surface area contributed by atoms with Crippen LogP contribution in [0.4, 0.5) is 0 Å². The highest BCUT2D eigenvalue weighted by atomic mass is 32.1. The van der Waals surface area contributed by atoms with Gasteiger partial charge in [-0.2, -0.15) is 0 Å². The minimum absolute atomic E-state index is 0.685. The number of thiophene rings is 1. The van der Waals surface area contributed by atoms with Gasteiger partial charge in [0.2, 0.25) is 0 Å². The van der Waals surface area contributed by atoms with E-state index in [-0.39, 0.29) is 0 Å². The fourth-order valence-electron chi connectivity index (χ4n) is 3.01. The first-order valence-electron chi connectivity index (χ1n) is 9.60. The molecule has 0 bridgehead atoms. The van der Waals surface area contributed by atoms with E-state index in [1.54, 1.807) is 17.7 Å². The number of nitrogens with one attached hydrogen (secondary N) is 1. The maximum absolute atomic E-state index is 4.85. The number of rotatable bonds is 8. The standard InChI is InChI=1S/C21H28N6S/c1-4-20-25-24-16-27(20)12-11-22-21(23-14-19-10-7-13-28-19)26(3)15-18-9-6-5-8-17(18)2/h5-10,13,16H,4,11-12,14-15H2,1-3H3,(H,22,23). The summed E-state index contributed by atoms with van der Waals surface area (Å²) < 4.78 is 2.09. The lowest BCUT2D eigenvalue weighted by atomic mass is 10.1. The zero-order valence-corrected chi connectivity index (χ0v) is 17.6. The minimum atomic E-state index is 0.685. The highest BCUT2D eigenvalue weighted by Gasteiger charge is 2.09. The number of benzene rings is 1. The SMILES string of the molecule is CCc1nncn1CCNC(=NCc1cccs1)N(C)Cc1ccccc1C. The molecular formula is C21H28N6S. The van der Waals surface area contributed by atoms with Crippen LogP contribution in [0.2, 0.25) is 0 Å². The Morgan fingerprint density at radius 2 is 2.11 bits per heavy atom. The van der Waals surface area contributed by atoms with Gasteiger partial charge in [-0.05, 0) is 29.5 Å². The van der Waals surface area contributed by atoms with Gasteiger partial charge in [0.1, 0.15) is 12.2 Å². The maximum Gasteiger partial charge on any atom is 0.194 e. The third-order valence-corrected chi connectivity index (χ3v) is 5.50. The third-order valence-electron chi connectivity index (χ3n) is 4.64. The molecule has 0 aliphatic rings. The molecule has 0 saturated carbocycles. The molecule has 148 valence electrons. The zero-order chi connectivity index (χ0) is 19.8. The Hall–Kier alpha value is -2.67. The molecule has 0 aliphatic carbocycles. The molecule has 1 N–H and O–H groups in total. The van der Waals surface area contributed by atoms with Gasteiger partial charge in [-0.15, -0.1) is 21.5 Å². The number of nitrogens with zero attached hydrogens (tertiary/aromatic N) is 5. The average Bonchev–Trinajstić information content (AvgIpc) is 3.37. The van der Waals surface area contributed by atoms with E-state index in [0.29, 0.717) is 6.54 Å². The maximum atomic E-state index is 4.85. The van der Waals surface area contributed by atoms with E-state index in [0.717, 1.165) is 37.8 Å². The Morgan fingerprint density at radius 3 is 2.86 bits per heavy atom. The number of aryl methyl sites for hydroxylation is 2. The fourth-order valence-corrected chi connectivity index (χ4v) is 3.64. The average molecular weight is 397 g/mol. The molecular weight excluding hydrogens is 368 g/mol. The van der Waals surface area contributed by atoms with Crippen LogP contribution in [-0.2, 0) is 26.1 Å². The molecule has 7 heteroatoms. The van der Waals surface area contributed by atoms with E-state index in [9.17, 15) is 0 Å². The molecule has 6 nitrogen and oxygen atoms in total. The molecule has 2 aromatic heterocycles. The van der Waals surface area contributed by atoms with E-state index in [2.05, 4.69) is 87.7 Å². The van der Waals surface area contributed by atoms with Crippen molar-refractivity contribution in [2.45, 2.75) is 39.9 Å². The van der Waals surface area contributed by atoms with Gasteiger partial charge in [0.05, 0.1) is 6.54 Å². The van der Waals surface area contributed by atoms with Crippen molar-refractivity contribution in [3.8, 4) is 0 Å². The lowest BCUT2D eigenvalue weighted by molar-refractivity contribution is 0.469. The third kappa shape index (κ3) is 5.42. The van der Waals surface area contributed by atoms with Crippen LogP contribution in [0.25, 0.3) is 0 Å². The summed E-state index contributed by atoms with van der Waals surface area (Å²) >= 11 is 1.74. The zero-order valence-electron chi connectivity index (χ0n) is 16.8. The lowest BCUT2D eigenvalue weighted by Gasteiger charge is -2.23. The van der Waals surface area contributed by atoms with Crippen LogP contribution in [0.3, 0.4) is 0 Å². The number of hydrogen-bond donors (Lipinski definition) is 1. The topological polar surface area (TPSA) is 58.3 Å². The summed E-state index contributed by atoms with van der Waals surface area (Å²) in [5.41, 5.74) is 2.60. The molecule has 0 saturated heterocycles. The Balaban J connectivity index is 1.67. The second-order valence-corrected chi connectivity index (χ2v) is 7.75. The first-order chi connectivity index (χ1) is 13.7. The smallest absolute Gasteiger partial charge is 0.194 e. The molecule has 0 aliphatic heterocycles. The van der Waals surface area contributed by atoms with Crippen LogP contribution in [0.5, 0.6) is 0 Å². The molecule has 28 heavy (non-hydrogen) atoms. The van der Waals surface area contributed by atoms with Crippen LogP contribution in [-0.4, -0.2) is 39.2 Å². The van der Waals surface area contributed by atoms with Gasteiger partial charge in [0.25, 0.3) is 0 Å². The molecule has 0 spiro atoms. The van der Waals surface area contributed by atoms with Crippen molar-refractivity contribution in [2.75, 3.05) is 13.6 Å². The second kappa shape index (κ2) is 10.0. The molecule has 0 fully saturated rings. The Bertz CT molecular complexity index is 884. The predicted molar refractivity (Wildman–Crippen MR) is 116 cm³/mol. The molecule has 0 radical (unpaired) electrons. The van der Waals surface area contributed by atoms with Crippen molar-refractivity contribution in [3.05, 3.63) is 69.9 Å². The summed E-state index contributed by atoms with van der Waals surface area (Å²) in [6.45, 7) is 7.33. The summed E-state index contributed by atoms with van der Waals surface area (Å²) in [6.07, 6.45) is 2.67. The van der Waals surface area contributed by atoms with E-state index < -0.39 is 0 Å². The second-order valence-electron chi connectivity index (χ2n) is 6.72. The van der Waals surface area contributed by atoms with Crippen molar-refractivity contribution in [1.29, 1.82) is 0 Å². The molecule has 0 atom stereocenters. The van der Waals surface area contributed by atoms with Gasteiger partial charge in [-0.1, -0.05) is 37.3 Å². The number of aromatic nitrogens is 3. The van der Waals surface area contributed by atoms with E-state index in [1.807, 2.05) is 0 Å². The highest BCUT2D eigenvalue weighted by Crippen LogP contribution is 2.12. The molecule has 3 rings (SSSR count). The fraction of sp³-hybridized carbons (Fsp3) is 0.381. The van der Waals surface area contributed by atoms with Gasteiger partial charge >= 0.3 is 0 Å². The minimum Gasteiger partial charge on any atom is -0.354 e. The van der Waals surface area contributed by atoms with E-state index >= 15 is 0 Å². The normalized spacial score (nSPS) is 11.6. The molecule has 0 amide bonds. The number of guanidine groups is 1. The van der Waals surface area contributed by atoms with Gasteiger partial charge in [-0.3, -0.25) is 0 Å². The highest BCUT2D eigenvalue weighted by molar-refractivity contribution is 7.09. The van der Waals surface area contributed by atoms with Crippen LogP contribution in [0.15, 0.2) is 53.1 Å². The molecule has 1 aromatic carbocycles. The van der Waals surface area contributed by atoms with Gasteiger partial charge in [0.15, 0.2) is 5.96 Å². The summed E-state index contributed by atoms with van der Waals surface area (Å²) in [6, 6.07) is 12.7. The Labute approximate surface area is 171 Å². The van der Waals surface area contributed by atoms with E-state index in [1.165, 1.54) is 16.0 Å². The number of hydrogen-bond acceptors (Lipinski definition) is 4. The van der Waals surface area contributed by atoms with Crippen molar-refractivity contribution in [3.63, 3.8) is 0 Å². The van der Waals surface area contributed by atoms with Crippen molar-refractivity contribution in [2.24, 2.45) is 4.99 Å². The first kappa shape index (κ1) is 20.1. The van der Waals surface area contributed by atoms with Gasteiger partial charge in [-0.25, -0.2) is 4.99 Å². The van der Waals surface area contributed by atoms with Gasteiger partial charge in [0, 0.05) is 38.0 Å². The van der Waals surface area contributed by atoms with Crippen LogP contribution in [0, 0.1) is 6.92 Å². The molecule has 3 aromatic rings. The first-order valence-corrected chi connectivity index (χ1v) is 10.5. The lowest BCUT2D eigenvalue weighted by Crippen LogP contribution is -2.40. The van der Waals surface area contributed by atoms with Crippen molar-refractivity contribution < 1.29 is 0 Å². The van der Waals surface area contributed by atoms with E-state index in [4.69, 9.17) is 4.99 Å². The summed E-state index contributed by atoms with van der Waals surface area (Å²) in [5, 5.41) is 13.8.